The lowest BCUT2D eigenvalue weighted by Crippen LogP contribution is -2.30. The molecule has 1 heterocycles. The second-order valence-corrected chi connectivity index (χ2v) is 4.53. The van der Waals surface area contributed by atoms with Crippen LogP contribution in [0.2, 0.25) is 0 Å². The summed E-state index contributed by atoms with van der Waals surface area (Å²) in [7, 11) is 0.566. The van der Waals surface area contributed by atoms with E-state index in [0.29, 0.717) is 8.19 Å². The summed E-state index contributed by atoms with van der Waals surface area (Å²) in [4.78, 5) is 13.9. The second kappa shape index (κ2) is 4.65. The van der Waals surface area contributed by atoms with Crippen LogP contribution in [0.3, 0.4) is 0 Å². The van der Waals surface area contributed by atoms with Gasteiger partial charge in [0, 0.05) is 13.1 Å². The van der Waals surface area contributed by atoms with E-state index in [2.05, 4.69) is 12.7 Å². The predicted molar refractivity (Wildman–Crippen MR) is 62.7 cm³/mol. The number of hydrogen-bond acceptors (Lipinski definition) is 1. The molecule has 1 aromatic rings. The first-order chi connectivity index (χ1) is 6.61. The summed E-state index contributed by atoms with van der Waals surface area (Å²) < 4.78 is 0. The van der Waals surface area contributed by atoms with E-state index in [9.17, 15) is 4.79 Å². The number of rotatable bonds is 3. The fourth-order valence-electron chi connectivity index (χ4n) is 1.49. The minimum absolute atomic E-state index is 0.221. The van der Waals surface area contributed by atoms with E-state index >= 15 is 0 Å². The molecule has 0 saturated carbocycles. The van der Waals surface area contributed by atoms with E-state index in [1.165, 1.54) is 11.1 Å². The average Bonchev–Trinajstić information content (AvgIpc) is 2.49. The van der Waals surface area contributed by atoms with E-state index in [0.717, 1.165) is 18.4 Å². The van der Waals surface area contributed by atoms with Gasteiger partial charge in [-0.2, -0.15) is 0 Å². The van der Waals surface area contributed by atoms with Crippen LogP contribution in [-0.4, -0.2) is 23.9 Å². The molecular weight excluding hydrogens is 193 g/mol. The highest BCUT2D eigenvalue weighted by Crippen LogP contribution is 2.26. The first-order valence-electron chi connectivity index (χ1n) is 5.05. The molecule has 3 heteroatoms. The third-order valence-corrected chi connectivity index (χ3v) is 4.12. The van der Waals surface area contributed by atoms with Crippen molar-refractivity contribution in [3.63, 3.8) is 0 Å². The first-order valence-corrected chi connectivity index (χ1v) is 6.13. The third-order valence-electron chi connectivity index (χ3n) is 2.66. The molecule has 0 aliphatic carbocycles. The standard InChI is InChI=1S/C11H18NOP/c1-5-12(6-2)11(13)10-9(4)8(3)7-14-10/h7,14H,5-6H2,1-4H3. The molecule has 0 spiro atoms. The molecule has 0 bridgehead atoms. The normalized spacial score (nSPS) is 10.9. The smallest absolute Gasteiger partial charge is 0.257 e. The Hall–Kier alpha value is -0.750. The summed E-state index contributed by atoms with van der Waals surface area (Å²) in [6.07, 6.45) is 0. The number of carbonyl (C=O) groups excluding carboxylic acids is 1. The van der Waals surface area contributed by atoms with Gasteiger partial charge in [-0.05, 0) is 44.6 Å². The molecule has 0 N–H and O–H groups in total. The van der Waals surface area contributed by atoms with Gasteiger partial charge in [0.15, 0.2) is 0 Å². The SMILES string of the molecule is CCN(CC)C(=O)c1[pH]cc(C)c1C. The molecule has 1 amide bonds. The van der Waals surface area contributed by atoms with Gasteiger partial charge in [-0.15, -0.1) is 8.19 Å². The largest absolute Gasteiger partial charge is 0.339 e. The first kappa shape index (κ1) is 11.3. The van der Waals surface area contributed by atoms with Crippen LogP contribution in [0.5, 0.6) is 0 Å². The molecule has 1 unspecified atom stereocenters. The van der Waals surface area contributed by atoms with E-state index in [1.807, 2.05) is 25.7 Å². The van der Waals surface area contributed by atoms with Crippen molar-refractivity contribution in [2.24, 2.45) is 0 Å². The fraction of sp³-hybridized carbons (Fsp3) is 0.545. The summed E-state index contributed by atoms with van der Waals surface area (Å²) in [6.45, 7) is 9.77. The number of hydrogen-bond donors (Lipinski definition) is 0. The predicted octanol–water partition coefficient (Wildman–Crippen LogP) is 2.82. The Balaban J connectivity index is 2.94. The molecule has 0 radical (unpaired) electrons. The molecule has 0 aliphatic heterocycles. The Morgan fingerprint density at radius 2 is 1.93 bits per heavy atom. The van der Waals surface area contributed by atoms with Gasteiger partial charge in [0.1, 0.15) is 0 Å². The van der Waals surface area contributed by atoms with Crippen LogP contribution < -0.4 is 0 Å². The molecular formula is C11H18NOP. The van der Waals surface area contributed by atoms with Crippen LogP contribution in [0.15, 0.2) is 5.80 Å². The van der Waals surface area contributed by atoms with Crippen molar-refractivity contribution in [2.75, 3.05) is 13.1 Å². The van der Waals surface area contributed by atoms with Crippen molar-refractivity contribution in [3.05, 3.63) is 22.2 Å². The molecule has 1 atom stereocenters. The quantitative estimate of drug-likeness (QED) is 0.752. The molecule has 0 fully saturated rings. The van der Waals surface area contributed by atoms with Crippen LogP contribution >= 0.6 is 8.19 Å². The zero-order chi connectivity index (χ0) is 10.7. The second-order valence-electron chi connectivity index (χ2n) is 3.45. The molecule has 78 valence electrons. The zero-order valence-electron chi connectivity index (χ0n) is 9.35. The molecule has 1 aromatic heterocycles. The average molecular weight is 211 g/mol. The lowest BCUT2D eigenvalue weighted by Gasteiger charge is -2.18. The van der Waals surface area contributed by atoms with Gasteiger partial charge >= 0.3 is 0 Å². The topological polar surface area (TPSA) is 20.3 Å². The molecule has 0 aliphatic rings. The molecule has 14 heavy (non-hydrogen) atoms. The summed E-state index contributed by atoms with van der Waals surface area (Å²) >= 11 is 0. The maximum Gasteiger partial charge on any atom is 0.257 e. The van der Waals surface area contributed by atoms with Crippen LogP contribution in [-0.2, 0) is 0 Å². The van der Waals surface area contributed by atoms with Crippen LogP contribution in [0, 0.1) is 13.8 Å². The lowest BCUT2D eigenvalue weighted by atomic mass is 10.2. The van der Waals surface area contributed by atoms with Crippen molar-refractivity contribution in [1.29, 1.82) is 0 Å². The Morgan fingerprint density at radius 1 is 1.36 bits per heavy atom. The summed E-state index contributed by atoms with van der Waals surface area (Å²) in [5, 5.41) is 1.01. The number of amides is 1. The molecule has 2 nitrogen and oxygen atoms in total. The van der Waals surface area contributed by atoms with Gasteiger partial charge in [0.05, 0.1) is 5.30 Å². The zero-order valence-corrected chi connectivity index (χ0v) is 10.3. The third kappa shape index (κ3) is 2.01. The summed E-state index contributed by atoms with van der Waals surface area (Å²) in [5.41, 5.74) is 2.44. The van der Waals surface area contributed by atoms with Crippen molar-refractivity contribution >= 4 is 14.1 Å². The van der Waals surface area contributed by atoms with Crippen molar-refractivity contribution in [3.8, 4) is 0 Å². The Labute approximate surface area is 87.4 Å². The maximum absolute atomic E-state index is 12.0. The molecule has 0 saturated heterocycles. The summed E-state index contributed by atoms with van der Waals surface area (Å²) in [5.74, 6) is 2.38. The van der Waals surface area contributed by atoms with E-state index in [1.54, 1.807) is 0 Å². The van der Waals surface area contributed by atoms with Gasteiger partial charge in [0.25, 0.3) is 5.91 Å². The minimum atomic E-state index is 0.221. The van der Waals surface area contributed by atoms with Crippen molar-refractivity contribution in [1.82, 2.24) is 4.90 Å². The monoisotopic (exact) mass is 211 g/mol. The van der Waals surface area contributed by atoms with Crippen LogP contribution in [0.25, 0.3) is 0 Å². The maximum atomic E-state index is 12.0. The van der Waals surface area contributed by atoms with Gasteiger partial charge in [-0.25, -0.2) is 0 Å². The van der Waals surface area contributed by atoms with Crippen LogP contribution in [0.1, 0.15) is 35.1 Å². The highest BCUT2D eigenvalue weighted by Gasteiger charge is 2.16. The van der Waals surface area contributed by atoms with E-state index in [-0.39, 0.29) is 5.91 Å². The van der Waals surface area contributed by atoms with Gasteiger partial charge in [-0.3, -0.25) is 4.79 Å². The fourth-order valence-corrected chi connectivity index (χ4v) is 2.76. The Morgan fingerprint density at radius 3 is 2.29 bits per heavy atom. The van der Waals surface area contributed by atoms with Gasteiger partial charge < -0.3 is 4.90 Å². The van der Waals surface area contributed by atoms with Crippen molar-refractivity contribution in [2.45, 2.75) is 27.7 Å². The van der Waals surface area contributed by atoms with Gasteiger partial charge in [0.2, 0.25) is 0 Å². The van der Waals surface area contributed by atoms with E-state index < -0.39 is 0 Å². The van der Waals surface area contributed by atoms with Crippen molar-refractivity contribution < 1.29 is 4.79 Å². The number of aryl methyl sites for hydroxylation is 1. The van der Waals surface area contributed by atoms with E-state index in [4.69, 9.17) is 0 Å². The highest BCUT2D eigenvalue weighted by molar-refractivity contribution is 7.32. The highest BCUT2D eigenvalue weighted by atomic mass is 31.0. The van der Waals surface area contributed by atoms with Crippen LogP contribution in [0.4, 0.5) is 0 Å². The lowest BCUT2D eigenvalue weighted by molar-refractivity contribution is 0.0777. The van der Waals surface area contributed by atoms with Gasteiger partial charge in [-0.1, -0.05) is 0 Å². The Bertz CT molecular complexity index is 326. The number of nitrogens with zero attached hydrogens (tertiary/aromatic N) is 1. The minimum Gasteiger partial charge on any atom is -0.339 e. The number of carbonyl (C=O) groups is 1. The Kier molecular flexibility index (Phi) is 3.77. The summed E-state index contributed by atoms with van der Waals surface area (Å²) in [6, 6.07) is 0. The molecule has 0 aromatic carbocycles. The molecule has 1 rings (SSSR count).